The Morgan fingerprint density at radius 2 is 2.40 bits per heavy atom. The standard InChI is InChI=1S/C14H17ClN4S/c1-10-7-18-13(20-10)8-17-11-4-6-19(9-11)14-12(15)3-2-5-16-14/h2-3,5,7,11,17H,4,6,8-9H2,1H3. The van der Waals surface area contributed by atoms with E-state index in [1.54, 1.807) is 17.5 Å². The average molecular weight is 309 g/mol. The molecular formula is C14H17ClN4S. The van der Waals surface area contributed by atoms with Crippen molar-refractivity contribution in [3.63, 3.8) is 0 Å². The predicted molar refractivity (Wildman–Crippen MR) is 83.6 cm³/mol. The second-order valence-electron chi connectivity index (χ2n) is 4.99. The minimum absolute atomic E-state index is 0.470. The van der Waals surface area contributed by atoms with E-state index in [9.17, 15) is 0 Å². The van der Waals surface area contributed by atoms with Crippen molar-refractivity contribution in [2.75, 3.05) is 18.0 Å². The van der Waals surface area contributed by atoms with Gasteiger partial charge in [0.15, 0.2) is 0 Å². The Morgan fingerprint density at radius 1 is 1.50 bits per heavy atom. The van der Waals surface area contributed by atoms with Crippen LogP contribution in [0.4, 0.5) is 5.82 Å². The summed E-state index contributed by atoms with van der Waals surface area (Å²) in [6.07, 6.45) is 4.83. The molecule has 0 radical (unpaired) electrons. The van der Waals surface area contributed by atoms with Crippen molar-refractivity contribution in [3.05, 3.63) is 39.4 Å². The number of aromatic nitrogens is 2. The lowest BCUT2D eigenvalue weighted by atomic mass is 10.3. The van der Waals surface area contributed by atoms with Gasteiger partial charge in [-0.1, -0.05) is 11.6 Å². The molecule has 20 heavy (non-hydrogen) atoms. The van der Waals surface area contributed by atoms with Crippen LogP contribution < -0.4 is 10.2 Å². The molecule has 1 aliphatic heterocycles. The van der Waals surface area contributed by atoms with Crippen molar-refractivity contribution in [3.8, 4) is 0 Å². The molecule has 0 aliphatic carbocycles. The van der Waals surface area contributed by atoms with Crippen molar-refractivity contribution in [1.82, 2.24) is 15.3 Å². The average Bonchev–Trinajstić information content (AvgIpc) is 3.06. The summed E-state index contributed by atoms with van der Waals surface area (Å²) in [5, 5.41) is 5.44. The Morgan fingerprint density at radius 3 is 3.15 bits per heavy atom. The second-order valence-corrected chi connectivity index (χ2v) is 6.71. The molecule has 0 saturated carbocycles. The molecule has 0 bridgehead atoms. The molecule has 4 nitrogen and oxygen atoms in total. The molecule has 1 saturated heterocycles. The Balaban J connectivity index is 1.56. The SMILES string of the molecule is Cc1cnc(CNC2CCN(c3ncccc3Cl)C2)s1. The molecule has 3 heterocycles. The van der Waals surface area contributed by atoms with E-state index in [-0.39, 0.29) is 0 Å². The molecule has 2 aromatic heterocycles. The smallest absolute Gasteiger partial charge is 0.147 e. The van der Waals surface area contributed by atoms with E-state index < -0.39 is 0 Å². The zero-order valence-electron chi connectivity index (χ0n) is 11.3. The fraction of sp³-hybridized carbons (Fsp3) is 0.429. The first-order valence-electron chi connectivity index (χ1n) is 6.72. The molecule has 0 spiro atoms. The summed E-state index contributed by atoms with van der Waals surface area (Å²) in [4.78, 5) is 12.3. The number of nitrogens with zero attached hydrogens (tertiary/aromatic N) is 3. The number of hydrogen-bond acceptors (Lipinski definition) is 5. The van der Waals surface area contributed by atoms with Crippen LogP contribution in [0.3, 0.4) is 0 Å². The van der Waals surface area contributed by atoms with E-state index in [0.717, 1.165) is 41.9 Å². The summed E-state index contributed by atoms with van der Waals surface area (Å²) in [5.74, 6) is 0.892. The summed E-state index contributed by atoms with van der Waals surface area (Å²) in [6.45, 7) is 4.86. The van der Waals surface area contributed by atoms with Gasteiger partial charge in [0.05, 0.1) is 5.02 Å². The molecule has 1 aliphatic rings. The van der Waals surface area contributed by atoms with Crippen molar-refractivity contribution >= 4 is 28.8 Å². The minimum Gasteiger partial charge on any atom is -0.354 e. The lowest BCUT2D eigenvalue weighted by Gasteiger charge is -2.18. The van der Waals surface area contributed by atoms with Crippen LogP contribution in [0.5, 0.6) is 0 Å². The maximum absolute atomic E-state index is 6.19. The van der Waals surface area contributed by atoms with Gasteiger partial charge in [0.2, 0.25) is 0 Å². The lowest BCUT2D eigenvalue weighted by molar-refractivity contribution is 0.550. The number of anilines is 1. The number of pyridine rings is 1. The summed E-state index contributed by atoms with van der Waals surface area (Å²) < 4.78 is 0. The molecule has 6 heteroatoms. The van der Waals surface area contributed by atoms with Gasteiger partial charge in [0.25, 0.3) is 0 Å². The van der Waals surface area contributed by atoms with Crippen molar-refractivity contribution in [2.24, 2.45) is 0 Å². The highest BCUT2D eigenvalue weighted by molar-refractivity contribution is 7.11. The fourth-order valence-electron chi connectivity index (χ4n) is 2.44. The molecule has 1 N–H and O–H groups in total. The topological polar surface area (TPSA) is 41.1 Å². The molecule has 1 fully saturated rings. The molecule has 1 atom stereocenters. The van der Waals surface area contributed by atoms with Crippen LogP contribution in [0.1, 0.15) is 16.3 Å². The van der Waals surface area contributed by atoms with E-state index in [1.807, 2.05) is 18.3 Å². The first-order valence-corrected chi connectivity index (χ1v) is 7.92. The maximum atomic E-state index is 6.19. The third-order valence-corrected chi connectivity index (χ3v) is 4.65. The molecular weight excluding hydrogens is 292 g/mol. The molecule has 0 amide bonds. The van der Waals surface area contributed by atoms with Gasteiger partial charge >= 0.3 is 0 Å². The first-order chi connectivity index (χ1) is 9.72. The van der Waals surface area contributed by atoms with E-state index in [0.29, 0.717) is 6.04 Å². The largest absolute Gasteiger partial charge is 0.354 e. The first kappa shape index (κ1) is 13.8. The number of hydrogen-bond donors (Lipinski definition) is 1. The number of nitrogens with one attached hydrogen (secondary N) is 1. The van der Waals surface area contributed by atoms with Crippen LogP contribution in [0.15, 0.2) is 24.5 Å². The van der Waals surface area contributed by atoms with Crippen LogP contribution in [0.2, 0.25) is 5.02 Å². The molecule has 3 rings (SSSR count). The van der Waals surface area contributed by atoms with Gasteiger partial charge in [0, 0.05) is 42.9 Å². The third kappa shape index (κ3) is 3.11. The normalized spacial score (nSPS) is 18.7. The van der Waals surface area contributed by atoms with Gasteiger partial charge in [-0.3, -0.25) is 0 Å². The highest BCUT2D eigenvalue weighted by Gasteiger charge is 2.24. The van der Waals surface area contributed by atoms with Crippen molar-refractivity contribution < 1.29 is 0 Å². The summed E-state index contributed by atoms with van der Waals surface area (Å²) in [6, 6.07) is 4.23. The van der Waals surface area contributed by atoms with E-state index >= 15 is 0 Å². The minimum atomic E-state index is 0.470. The quantitative estimate of drug-likeness (QED) is 0.943. The van der Waals surface area contributed by atoms with Crippen LogP contribution in [-0.2, 0) is 6.54 Å². The van der Waals surface area contributed by atoms with Gasteiger partial charge in [-0.05, 0) is 25.5 Å². The number of halogens is 1. The van der Waals surface area contributed by atoms with Gasteiger partial charge in [-0.15, -0.1) is 11.3 Å². The lowest BCUT2D eigenvalue weighted by Crippen LogP contribution is -2.32. The summed E-state index contributed by atoms with van der Waals surface area (Å²) in [7, 11) is 0. The maximum Gasteiger partial charge on any atom is 0.147 e. The van der Waals surface area contributed by atoms with Crippen LogP contribution in [0.25, 0.3) is 0 Å². The second kappa shape index (κ2) is 6.08. The zero-order chi connectivity index (χ0) is 13.9. The van der Waals surface area contributed by atoms with E-state index in [4.69, 9.17) is 11.6 Å². The molecule has 106 valence electrons. The van der Waals surface area contributed by atoms with Crippen LogP contribution in [0, 0.1) is 6.92 Å². The van der Waals surface area contributed by atoms with Gasteiger partial charge < -0.3 is 10.2 Å². The Bertz CT molecular complexity index is 586. The van der Waals surface area contributed by atoms with Crippen molar-refractivity contribution in [2.45, 2.75) is 25.9 Å². The monoisotopic (exact) mass is 308 g/mol. The zero-order valence-corrected chi connectivity index (χ0v) is 12.9. The van der Waals surface area contributed by atoms with Crippen LogP contribution >= 0.6 is 22.9 Å². The Hall–Kier alpha value is -1.17. The van der Waals surface area contributed by atoms with Gasteiger partial charge in [-0.25, -0.2) is 9.97 Å². The number of rotatable bonds is 4. The highest BCUT2D eigenvalue weighted by Crippen LogP contribution is 2.25. The number of aryl methyl sites for hydroxylation is 1. The Kier molecular flexibility index (Phi) is 4.19. The predicted octanol–water partition coefficient (Wildman–Crippen LogP) is 2.87. The molecule has 0 aromatic carbocycles. The third-order valence-electron chi connectivity index (χ3n) is 3.44. The number of thiazole rings is 1. The summed E-state index contributed by atoms with van der Waals surface area (Å²) >= 11 is 7.94. The van der Waals surface area contributed by atoms with Crippen LogP contribution in [-0.4, -0.2) is 29.1 Å². The Labute approximate surface area is 127 Å². The van der Waals surface area contributed by atoms with E-state index in [2.05, 4.69) is 27.1 Å². The highest BCUT2D eigenvalue weighted by atomic mass is 35.5. The van der Waals surface area contributed by atoms with Crippen molar-refractivity contribution in [1.29, 1.82) is 0 Å². The molecule has 2 aromatic rings. The molecule has 1 unspecified atom stereocenters. The summed E-state index contributed by atoms with van der Waals surface area (Å²) in [5.41, 5.74) is 0. The van der Waals surface area contributed by atoms with E-state index in [1.165, 1.54) is 4.88 Å². The fourth-order valence-corrected chi connectivity index (χ4v) is 3.42. The van der Waals surface area contributed by atoms with Gasteiger partial charge in [0.1, 0.15) is 10.8 Å². The van der Waals surface area contributed by atoms with Gasteiger partial charge in [-0.2, -0.15) is 0 Å².